The zero-order chi connectivity index (χ0) is 12.4. The summed E-state index contributed by atoms with van der Waals surface area (Å²) in [5, 5.41) is 13.1. The van der Waals surface area contributed by atoms with Gasteiger partial charge in [0.05, 0.1) is 13.3 Å². The van der Waals surface area contributed by atoms with E-state index in [9.17, 15) is 4.79 Å². The van der Waals surface area contributed by atoms with Gasteiger partial charge < -0.3 is 9.84 Å². The molecule has 2 aromatic rings. The molecule has 0 aliphatic carbocycles. The molecule has 2 rings (SSSR count). The Labute approximate surface area is 98.3 Å². The molecule has 0 bridgehead atoms. The van der Waals surface area contributed by atoms with E-state index in [1.54, 1.807) is 26.3 Å². The van der Waals surface area contributed by atoms with Crippen molar-refractivity contribution in [2.75, 3.05) is 7.11 Å². The summed E-state index contributed by atoms with van der Waals surface area (Å²) in [4.78, 5) is 11.1. The monoisotopic (exact) mass is 232 g/mol. The lowest BCUT2D eigenvalue weighted by Crippen LogP contribution is -2.06. The fourth-order valence-electron chi connectivity index (χ4n) is 1.69. The van der Waals surface area contributed by atoms with E-state index >= 15 is 0 Å². The Bertz CT molecular complexity index is 561. The SMILES string of the molecule is COc1cccc(-c2cnn(C)c2C(=O)O)c1. The summed E-state index contributed by atoms with van der Waals surface area (Å²) in [6.45, 7) is 0. The quantitative estimate of drug-likeness (QED) is 0.876. The van der Waals surface area contributed by atoms with Crippen LogP contribution in [0.3, 0.4) is 0 Å². The van der Waals surface area contributed by atoms with Crippen molar-refractivity contribution in [1.82, 2.24) is 9.78 Å². The van der Waals surface area contributed by atoms with Crippen molar-refractivity contribution in [1.29, 1.82) is 0 Å². The number of carbonyl (C=O) groups is 1. The number of carboxylic acids is 1. The number of rotatable bonds is 3. The third-order valence-corrected chi connectivity index (χ3v) is 2.52. The third-order valence-electron chi connectivity index (χ3n) is 2.52. The Hall–Kier alpha value is -2.30. The smallest absolute Gasteiger partial charge is 0.354 e. The Balaban J connectivity index is 2.56. The van der Waals surface area contributed by atoms with E-state index in [1.807, 2.05) is 12.1 Å². The molecule has 1 aromatic heterocycles. The molecule has 0 atom stereocenters. The highest BCUT2D eigenvalue weighted by Gasteiger charge is 2.17. The Morgan fingerprint density at radius 3 is 2.88 bits per heavy atom. The van der Waals surface area contributed by atoms with Crippen LogP contribution in [0.4, 0.5) is 0 Å². The predicted molar refractivity (Wildman–Crippen MR) is 62.2 cm³/mol. The molecule has 0 aliphatic heterocycles. The molecular formula is C12H12N2O3. The molecule has 0 saturated heterocycles. The van der Waals surface area contributed by atoms with Crippen molar-refractivity contribution in [3.8, 4) is 16.9 Å². The van der Waals surface area contributed by atoms with E-state index in [0.29, 0.717) is 11.3 Å². The summed E-state index contributed by atoms with van der Waals surface area (Å²) in [6, 6.07) is 7.22. The number of methoxy groups -OCH3 is 1. The van der Waals surface area contributed by atoms with Crippen LogP contribution >= 0.6 is 0 Å². The van der Waals surface area contributed by atoms with E-state index in [-0.39, 0.29) is 5.69 Å². The summed E-state index contributed by atoms with van der Waals surface area (Å²) in [5.41, 5.74) is 1.52. The minimum absolute atomic E-state index is 0.165. The van der Waals surface area contributed by atoms with E-state index < -0.39 is 5.97 Å². The Morgan fingerprint density at radius 2 is 2.24 bits per heavy atom. The molecule has 0 unspecified atom stereocenters. The van der Waals surface area contributed by atoms with Crippen LogP contribution in [-0.4, -0.2) is 28.0 Å². The lowest BCUT2D eigenvalue weighted by molar-refractivity contribution is 0.0686. The molecule has 0 fully saturated rings. The van der Waals surface area contributed by atoms with Crippen LogP contribution in [-0.2, 0) is 7.05 Å². The van der Waals surface area contributed by atoms with E-state index in [2.05, 4.69) is 5.10 Å². The van der Waals surface area contributed by atoms with Gasteiger partial charge in [-0.25, -0.2) is 4.79 Å². The van der Waals surface area contributed by atoms with Gasteiger partial charge in [0.15, 0.2) is 5.69 Å². The minimum atomic E-state index is -0.997. The molecule has 0 saturated carbocycles. The number of hydrogen-bond acceptors (Lipinski definition) is 3. The van der Waals surface area contributed by atoms with E-state index in [0.717, 1.165) is 5.56 Å². The van der Waals surface area contributed by atoms with Crippen molar-refractivity contribution in [3.05, 3.63) is 36.2 Å². The van der Waals surface area contributed by atoms with Crippen LogP contribution in [0.1, 0.15) is 10.5 Å². The number of hydrogen-bond donors (Lipinski definition) is 1. The lowest BCUT2D eigenvalue weighted by atomic mass is 10.1. The molecule has 17 heavy (non-hydrogen) atoms. The van der Waals surface area contributed by atoms with Crippen molar-refractivity contribution in [3.63, 3.8) is 0 Å². The van der Waals surface area contributed by atoms with Crippen LogP contribution in [0.15, 0.2) is 30.5 Å². The van der Waals surface area contributed by atoms with Gasteiger partial charge in [0.2, 0.25) is 0 Å². The number of aryl methyl sites for hydroxylation is 1. The van der Waals surface area contributed by atoms with Crippen LogP contribution in [0, 0.1) is 0 Å². The zero-order valence-electron chi connectivity index (χ0n) is 9.54. The van der Waals surface area contributed by atoms with Crippen LogP contribution < -0.4 is 4.74 Å². The molecule has 0 amide bonds. The standard InChI is InChI=1S/C12H12N2O3/c1-14-11(12(15)16)10(7-13-14)8-4-3-5-9(6-8)17-2/h3-7H,1-2H3,(H,15,16). The van der Waals surface area contributed by atoms with Gasteiger partial charge in [0, 0.05) is 12.6 Å². The molecule has 0 aliphatic rings. The molecule has 1 heterocycles. The fourth-order valence-corrected chi connectivity index (χ4v) is 1.69. The van der Waals surface area contributed by atoms with E-state index in [4.69, 9.17) is 9.84 Å². The van der Waals surface area contributed by atoms with Crippen LogP contribution in [0.2, 0.25) is 0 Å². The van der Waals surface area contributed by atoms with Gasteiger partial charge in [-0.3, -0.25) is 4.68 Å². The topological polar surface area (TPSA) is 64.4 Å². The van der Waals surface area contributed by atoms with E-state index in [1.165, 1.54) is 10.9 Å². The Morgan fingerprint density at radius 1 is 1.47 bits per heavy atom. The second-order valence-corrected chi connectivity index (χ2v) is 3.57. The average Bonchev–Trinajstić information content (AvgIpc) is 2.71. The van der Waals surface area contributed by atoms with Crippen molar-refractivity contribution in [2.45, 2.75) is 0 Å². The van der Waals surface area contributed by atoms with Crippen molar-refractivity contribution in [2.24, 2.45) is 7.05 Å². The second kappa shape index (κ2) is 4.29. The second-order valence-electron chi connectivity index (χ2n) is 3.57. The molecular weight excluding hydrogens is 220 g/mol. The van der Waals surface area contributed by atoms with Crippen molar-refractivity contribution < 1.29 is 14.6 Å². The van der Waals surface area contributed by atoms with Crippen LogP contribution in [0.5, 0.6) is 5.75 Å². The predicted octanol–water partition coefficient (Wildman–Crippen LogP) is 1.79. The van der Waals surface area contributed by atoms with Gasteiger partial charge >= 0.3 is 5.97 Å². The molecule has 5 heteroatoms. The first-order chi connectivity index (χ1) is 8.13. The number of carboxylic acid groups (broad SMARTS) is 1. The highest BCUT2D eigenvalue weighted by Crippen LogP contribution is 2.26. The summed E-state index contributed by atoms with van der Waals surface area (Å²) < 4.78 is 6.45. The van der Waals surface area contributed by atoms with Gasteiger partial charge in [-0.2, -0.15) is 5.10 Å². The maximum absolute atomic E-state index is 11.1. The number of aromatic carboxylic acids is 1. The molecule has 1 aromatic carbocycles. The Kier molecular flexibility index (Phi) is 2.82. The number of aromatic nitrogens is 2. The molecule has 88 valence electrons. The normalized spacial score (nSPS) is 10.2. The largest absolute Gasteiger partial charge is 0.497 e. The van der Waals surface area contributed by atoms with Gasteiger partial charge in [-0.1, -0.05) is 12.1 Å². The first-order valence-electron chi connectivity index (χ1n) is 5.03. The number of nitrogens with zero attached hydrogens (tertiary/aromatic N) is 2. The average molecular weight is 232 g/mol. The summed E-state index contributed by atoms with van der Waals surface area (Å²) in [5.74, 6) is -0.314. The highest BCUT2D eigenvalue weighted by atomic mass is 16.5. The van der Waals surface area contributed by atoms with Gasteiger partial charge in [0.1, 0.15) is 5.75 Å². The number of ether oxygens (including phenoxy) is 1. The highest BCUT2D eigenvalue weighted by molar-refractivity contribution is 5.94. The van der Waals surface area contributed by atoms with Gasteiger partial charge in [-0.15, -0.1) is 0 Å². The van der Waals surface area contributed by atoms with Gasteiger partial charge in [0.25, 0.3) is 0 Å². The fraction of sp³-hybridized carbons (Fsp3) is 0.167. The van der Waals surface area contributed by atoms with Crippen LogP contribution in [0.25, 0.3) is 11.1 Å². The maximum atomic E-state index is 11.1. The third kappa shape index (κ3) is 1.99. The zero-order valence-corrected chi connectivity index (χ0v) is 9.54. The molecule has 5 nitrogen and oxygen atoms in total. The van der Waals surface area contributed by atoms with Gasteiger partial charge in [-0.05, 0) is 17.7 Å². The lowest BCUT2D eigenvalue weighted by Gasteiger charge is -2.04. The first kappa shape index (κ1) is 11.2. The number of benzene rings is 1. The molecule has 0 spiro atoms. The maximum Gasteiger partial charge on any atom is 0.354 e. The summed E-state index contributed by atoms with van der Waals surface area (Å²) in [7, 11) is 3.17. The van der Waals surface area contributed by atoms with Crippen molar-refractivity contribution >= 4 is 5.97 Å². The molecule has 1 N–H and O–H groups in total. The first-order valence-corrected chi connectivity index (χ1v) is 5.03. The molecule has 0 radical (unpaired) electrons. The minimum Gasteiger partial charge on any atom is -0.497 e. The summed E-state index contributed by atoms with van der Waals surface area (Å²) in [6.07, 6.45) is 1.54. The summed E-state index contributed by atoms with van der Waals surface area (Å²) >= 11 is 0.